The molecule has 0 aliphatic carbocycles. The number of anilines is 1. The van der Waals surface area contributed by atoms with Gasteiger partial charge >= 0.3 is 0 Å². The monoisotopic (exact) mass is 182 g/mol. The Morgan fingerprint density at radius 3 is 2.67 bits per heavy atom. The molecule has 0 saturated carbocycles. The maximum Gasteiger partial charge on any atom is 0.0504 e. The number of halogens is 1. The Bertz CT molecular complexity index is 356. The number of aromatic amines is 1. The highest BCUT2D eigenvalue weighted by Gasteiger charge is 1.99. The topological polar surface area (TPSA) is 41.8 Å². The van der Waals surface area contributed by atoms with Gasteiger partial charge in [-0.1, -0.05) is 6.07 Å². The van der Waals surface area contributed by atoms with Crippen molar-refractivity contribution < 1.29 is 0 Å². The molecule has 0 atom stereocenters. The van der Waals surface area contributed by atoms with Crippen LogP contribution in [0.2, 0.25) is 0 Å². The Hall–Kier alpha value is -1.15. The Kier molecular flexibility index (Phi) is 2.29. The van der Waals surface area contributed by atoms with Gasteiger partial charge in [0.2, 0.25) is 0 Å². The number of nitrogens with two attached hydrogens (primary N) is 1. The van der Waals surface area contributed by atoms with Crippen LogP contribution in [0.3, 0.4) is 0 Å². The Morgan fingerprint density at radius 2 is 2.00 bits per heavy atom. The minimum Gasteiger partial charge on any atom is -0.398 e. The molecule has 2 aromatic rings. The molecular formula is C9H11ClN2. The molecule has 0 fully saturated rings. The lowest BCUT2D eigenvalue weighted by atomic mass is 10.1. The van der Waals surface area contributed by atoms with Gasteiger partial charge in [0.25, 0.3) is 0 Å². The van der Waals surface area contributed by atoms with Crippen molar-refractivity contribution in [3.05, 3.63) is 30.0 Å². The van der Waals surface area contributed by atoms with Crippen LogP contribution in [-0.4, -0.2) is 4.98 Å². The second-order valence-electron chi connectivity index (χ2n) is 2.74. The van der Waals surface area contributed by atoms with E-state index in [2.05, 4.69) is 11.9 Å². The molecule has 2 nitrogen and oxygen atoms in total. The summed E-state index contributed by atoms with van der Waals surface area (Å²) in [6.45, 7) is 2.07. The molecule has 0 amide bonds. The van der Waals surface area contributed by atoms with Gasteiger partial charge < -0.3 is 10.7 Å². The number of aromatic nitrogens is 1. The van der Waals surface area contributed by atoms with E-state index in [-0.39, 0.29) is 12.4 Å². The van der Waals surface area contributed by atoms with E-state index in [4.69, 9.17) is 5.73 Å². The minimum atomic E-state index is 0. The first kappa shape index (κ1) is 8.94. The van der Waals surface area contributed by atoms with E-state index in [1.807, 2.05) is 24.4 Å². The van der Waals surface area contributed by atoms with Crippen molar-refractivity contribution in [2.75, 3.05) is 5.73 Å². The lowest BCUT2D eigenvalue weighted by molar-refractivity contribution is 1.42. The first-order valence-electron chi connectivity index (χ1n) is 3.61. The van der Waals surface area contributed by atoms with Crippen molar-refractivity contribution in [1.29, 1.82) is 0 Å². The fourth-order valence-corrected chi connectivity index (χ4v) is 1.32. The van der Waals surface area contributed by atoms with E-state index in [1.165, 1.54) is 5.56 Å². The van der Waals surface area contributed by atoms with Crippen LogP contribution < -0.4 is 5.73 Å². The highest BCUT2D eigenvalue weighted by molar-refractivity contribution is 5.92. The van der Waals surface area contributed by atoms with Crippen LogP contribution in [0, 0.1) is 6.92 Å². The normalized spacial score (nSPS) is 9.75. The maximum atomic E-state index is 5.75. The predicted molar refractivity (Wildman–Crippen MR) is 54.7 cm³/mol. The van der Waals surface area contributed by atoms with Gasteiger partial charge in [0, 0.05) is 17.3 Å². The zero-order valence-electron chi connectivity index (χ0n) is 6.79. The van der Waals surface area contributed by atoms with E-state index < -0.39 is 0 Å². The van der Waals surface area contributed by atoms with Crippen LogP contribution in [0.5, 0.6) is 0 Å². The number of rotatable bonds is 0. The zero-order valence-corrected chi connectivity index (χ0v) is 7.61. The summed E-state index contributed by atoms with van der Waals surface area (Å²) >= 11 is 0. The summed E-state index contributed by atoms with van der Waals surface area (Å²) < 4.78 is 0. The van der Waals surface area contributed by atoms with E-state index in [0.717, 1.165) is 16.6 Å². The third kappa shape index (κ3) is 1.14. The van der Waals surface area contributed by atoms with Gasteiger partial charge in [-0.2, -0.15) is 0 Å². The van der Waals surface area contributed by atoms with Crippen LogP contribution in [0.1, 0.15) is 5.56 Å². The summed E-state index contributed by atoms with van der Waals surface area (Å²) in [6, 6.07) is 5.96. The van der Waals surface area contributed by atoms with E-state index in [1.54, 1.807) is 0 Å². The smallest absolute Gasteiger partial charge is 0.0504 e. The largest absolute Gasteiger partial charge is 0.398 e. The molecule has 64 valence electrons. The van der Waals surface area contributed by atoms with Gasteiger partial charge in [0.05, 0.1) is 5.52 Å². The van der Waals surface area contributed by atoms with E-state index >= 15 is 0 Å². The summed E-state index contributed by atoms with van der Waals surface area (Å²) in [4.78, 5) is 3.15. The fourth-order valence-electron chi connectivity index (χ4n) is 1.32. The van der Waals surface area contributed by atoms with Crippen molar-refractivity contribution in [2.24, 2.45) is 0 Å². The van der Waals surface area contributed by atoms with Crippen LogP contribution in [0.25, 0.3) is 10.9 Å². The molecule has 3 N–H and O–H groups in total. The maximum absolute atomic E-state index is 5.75. The molecule has 1 heterocycles. The lowest BCUT2D eigenvalue weighted by Crippen LogP contribution is -1.85. The van der Waals surface area contributed by atoms with Crippen molar-refractivity contribution in [1.82, 2.24) is 4.98 Å². The number of hydrogen-bond acceptors (Lipinski definition) is 1. The summed E-state index contributed by atoms with van der Waals surface area (Å²) in [7, 11) is 0. The van der Waals surface area contributed by atoms with Gasteiger partial charge in [-0.3, -0.25) is 0 Å². The number of H-pyrrole nitrogens is 1. The first-order valence-corrected chi connectivity index (χ1v) is 3.61. The number of nitrogens with one attached hydrogen (secondary N) is 1. The molecule has 2 rings (SSSR count). The fraction of sp³-hybridized carbons (Fsp3) is 0.111. The molecule has 0 unspecified atom stereocenters. The van der Waals surface area contributed by atoms with Crippen molar-refractivity contribution in [2.45, 2.75) is 6.92 Å². The minimum absolute atomic E-state index is 0. The molecule has 1 aromatic heterocycles. The number of nitrogen functional groups attached to an aromatic ring is 1. The molecule has 0 spiro atoms. The highest BCUT2D eigenvalue weighted by Crippen LogP contribution is 2.22. The Balaban J connectivity index is 0.000000720. The van der Waals surface area contributed by atoms with Gasteiger partial charge in [-0.15, -0.1) is 12.4 Å². The van der Waals surface area contributed by atoms with Crippen LogP contribution in [0.15, 0.2) is 24.4 Å². The van der Waals surface area contributed by atoms with E-state index in [9.17, 15) is 0 Å². The molecule has 0 saturated heterocycles. The number of benzene rings is 1. The summed E-state index contributed by atoms with van der Waals surface area (Å²) in [5.41, 5.74) is 8.97. The Labute approximate surface area is 77.2 Å². The standard InChI is InChI=1S/C9H10N2.ClH/c1-6-2-3-8(10)7-4-5-11-9(6)7;/h2-5,11H,10H2,1H3;1H. The molecule has 0 radical (unpaired) electrons. The molecule has 3 heteroatoms. The number of hydrogen-bond donors (Lipinski definition) is 2. The van der Waals surface area contributed by atoms with Gasteiger partial charge in [0.1, 0.15) is 0 Å². The molecule has 12 heavy (non-hydrogen) atoms. The predicted octanol–water partition coefficient (Wildman–Crippen LogP) is 2.48. The highest BCUT2D eigenvalue weighted by atomic mass is 35.5. The zero-order chi connectivity index (χ0) is 7.84. The molecule has 0 bridgehead atoms. The Morgan fingerprint density at radius 1 is 1.25 bits per heavy atom. The van der Waals surface area contributed by atoms with Crippen molar-refractivity contribution >= 4 is 29.0 Å². The molecular weight excluding hydrogens is 172 g/mol. The third-order valence-electron chi connectivity index (χ3n) is 1.97. The summed E-state index contributed by atoms with van der Waals surface area (Å²) in [5.74, 6) is 0. The van der Waals surface area contributed by atoms with Gasteiger partial charge in [-0.25, -0.2) is 0 Å². The third-order valence-corrected chi connectivity index (χ3v) is 1.97. The molecule has 0 aliphatic rings. The molecule has 1 aromatic carbocycles. The lowest BCUT2D eigenvalue weighted by Gasteiger charge is -1.98. The first-order chi connectivity index (χ1) is 5.29. The van der Waals surface area contributed by atoms with Crippen molar-refractivity contribution in [3.63, 3.8) is 0 Å². The summed E-state index contributed by atoms with van der Waals surface area (Å²) in [5, 5.41) is 1.12. The van der Waals surface area contributed by atoms with Crippen molar-refractivity contribution in [3.8, 4) is 0 Å². The van der Waals surface area contributed by atoms with Crippen LogP contribution in [0.4, 0.5) is 5.69 Å². The van der Waals surface area contributed by atoms with Crippen LogP contribution in [-0.2, 0) is 0 Å². The second kappa shape index (κ2) is 3.07. The molecule has 0 aliphatic heterocycles. The quantitative estimate of drug-likeness (QED) is 0.604. The van der Waals surface area contributed by atoms with E-state index in [0.29, 0.717) is 0 Å². The average molecular weight is 183 g/mol. The number of aryl methyl sites for hydroxylation is 1. The van der Waals surface area contributed by atoms with Crippen LogP contribution >= 0.6 is 12.4 Å². The average Bonchev–Trinajstić information content (AvgIpc) is 2.45. The number of fused-ring (bicyclic) bond motifs is 1. The summed E-state index contributed by atoms with van der Waals surface area (Å²) in [6.07, 6.45) is 1.91. The SMILES string of the molecule is Cc1ccc(N)c2cc[nH]c12.Cl. The second-order valence-corrected chi connectivity index (χ2v) is 2.74. The van der Waals surface area contributed by atoms with Gasteiger partial charge in [0.15, 0.2) is 0 Å². The van der Waals surface area contributed by atoms with Gasteiger partial charge in [-0.05, 0) is 24.6 Å².